The molecular weight excluding hydrogens is 298 g/mol. The van der Waals surface area contributed by atoms with E-state index in [1.165, 1.54) is 29.3 Å². The van der Waals surface area contributed by atoms with E-state index in [-0.39, 0.29) is 23.1 Å². The maximum Gasteiger partial charge on any atom is 0.285 e. The Hall–Kier alpha value is -2.18. The van der Waals surface area contributed by atoms with E-state index in [9.17, 15) is 19.7 Å². The molecule has 1 fully saturated rings. The smallest absolute Gasteiger partial charge is 0.285 e. The maximum absolute atomic E-state index is 12.0. The average Bonchev–Trinajstić information content (AvgIpc) is 2.56. The van der Waals surface area contributed by atoms with Crippen molar-refractivity contribution in [2.24, 2.45) is 5.92 Å². The van der Waals surface area contributed by atoms with Crippen LogP contribution in [0.1, 0.15) is 44.9 Å². The van der Waals surface area contributed by atoms with Gasteiger partial charge in [-0.25, -0.2) is 0 Å². The van der Waals surface area contributed by atoms with Crippen LogP contribution >= 0.6 is 0 Å². The molecule has 126 valence electrons. The van der Waals surface area contributed by atoms with Crippen molar-refractivity contribution in [3.05, 3.63) is 38.8 Å². The minimum atomic E-state index is -0.514. The van der Waals surface area contributed by atoms with E-state index in [0.717, 1.165) is 32.1 Å². The van der Waals surface area contributed by atoms with Crippen LogP contribution in [0.15, 0.2) is 23.1 Å². The number of hydrogen-bond acceptors (Lipinski definition) is 4. The van der Waals surface area contributed by atoms with Gasteiger partial charge >= 0.3 is 0 Å². The molecule has 1 heterocycles. The van der Waals surface area contributed by atoms with Crippen molar-refractivity contribution in [2.75, 3.05) is 6.54 Å². The lowest BCUT2D eigenvalue weighted by atomic mass is 9.89. The van der Waals surface area contributed by atoms with E-state index >= 15 is 0 Å². The first-order valence-corrected chi connectivity index (χ1v) is 8.20. The number of hydrogen-bond donors (Lipinski definition) is 1. The normalized spacial score (nSPS) is 15.3. The molecule has 2 rings (SSSR count). The van der Waals surface area contributed by atoms with Crippen LogP contribution < -0.4 is 10.9 Å². The second-order valence-corrected chi connectivity index (χ2v) is 6.01. The molecule has 1 aliphatic carbocycles. The third kappa shape index (κ3) is 5.19. The Balaban J connectivity index is 1.71. The number of unbranched alkanes of at least 4 members (excludes halogenated alkanes) is 1. The fraction of sp³-hybridized carbons (Fsp3) is 0.625. The van der Waals surface area contributed by atoms with Gasteiger partial charge in [0.05, 0.1) is 11.1 Å². The van der Waals surface area contributed by atoms with Crippen molar-refractivity contribution in [3.63, 3.8) is 0 Å². The summed E-state index contributed by atoms with van der Waals surface area (Å²) in [4.78, 5) is 33.8. The Labute approximate surface area is 134 Å². The molecule has 7 nitrogen and oxygen atoms in total. The van der Waals surface area contributed by atoms with Gasteiger partial charge in [0.2, 0.25) is 5.91 Å². The van der Waals surface area contributed by atoms with Crippen molar-refractivity contribution in [1.29, 1.82) is 0 Å². The molecule has 1 N–H and O–H groups in total. The molecule has 0 atom stereocenters. The molecule has 0 spiro atoms. The Kier molecular flexibility index (Phi) is 6.31. The molecule has 1 aromatic rings. The number of nitrogens with zero attached hydrogens (tertiary/aromatic N) is 2. The average molecular weight is 321 g/mol. The summed E-state index contributed by atoms with van der Waals surface area (Å²) in [6, 6.07) is 2.42. The highest BCUT2D eigenvalue weighted by Gasteiger charge is 2.20. The Morgan fingerprint density at radius 3 is 2.70 bits per heavy atom. The maximum atomic E-state index is 12.0. The Morgan fingerprint density at radius 2 is 2.00 bits per heavy atom. The lowest BCUT2D eigenvalue weighted by molar-refractivity contribution is -0.385. The predicted octanol–water partition coefficient (Wildman–Crippen LogP) is 2.23. The summed E-state index contributed by atoms with van der Waals surface area (Å²) in [7, 11) is 0. The number of nitro groups is 1. The predicted molar refractivity (Wildman–Crippen MR) is 86.2 cm³/mol. The van der Waals surface area contributed by atoms with Gasteiger partial charge in [-0.3, -0.25) is 19.7 Å². The summed E-state index contributed by atoms with van der Waals surface area (Å²) in [5.74, 6) is 0.292. The van der Waals surface area contributed by atoms with E-state index in [1.54, 1.807) is 0 Å². The molecule has 7 heteroatoms. The van der Waals surface area contributed by atoms with Crippen molar-refractivity contribution in [2.45, 2.75) is 51.5 Å². The van der Waals surface area contributed by atoms with Crippen LogP contribution in [0, 0.1) is 16.0 Å². The molecule has 0 aliphatic heterocycles. The van der Waals surface area contributed by atoms with E-state index < -0.39 is 4.92 Å². The van der Waals surface area contributed by atoms with Gasteiger partial charge in [-0.2, -0.15) is 0 Å². The summed E-state index contributed by atoms with van der Waals surface area (Å²) >= 11 is 0. The highest BCUT2D eigenvalue weighted by Crippen LogP contribution is 2.23. The molecule has 0 radical (unpaired) electrons. The first-order chi connectivity index (χ1) is 11.1. The second-order valence-electron chi connectivity index (χ2n) is 6.01. The summed E-state index contributed by atoms with van der Waals surface area (Å²) in [5.41, 5.74) is -0.336. The number of carbonyl (C=O) groups excluding carboxylic acids is 1. The zero-order chi connectivity index (χ0) is 16.7. The zero-order valence-electron chi connectivity index (χ0n) is 13.2. The third-order valence-corrected chi connectivity index (χ3v) is 4.28. The number of rotatable bonds is 7. The van der Waals surface area contributed by atoms with Crippen LogP contribution in [-0.2, 0) is 11.3 Å². The summed E-state index contributed by atoms with van der Waals surface area (Å²) < 4.78 is 1.35. The molecule has 0 aromatic carbocycles. The first kappa shape index (κ1) is 17.2. The van der Waals surface area contributed by atoms with E-state index in [4.69, 9.17) is 0 Å². The molecule has 0 bridgehead atoms. The Bertz CT molecular complexity index is 606. The molecule has 23 heavy (non-hydrogen) atoms. The van der Waals surface area contributed by atoms with Gasteiger partial charge in [0, 0.05) is 31.1 Å². The fourth-order valence-corrected chi connectivity index (χ4v) is 2.93. The van der Waals surface area contributed by atoms with Gasteiger partial charge in [-0.15, -0.1) is 0 Å². The number of nitrogens with one attached hydrogen (secondary N) is 1. The number of pyridine rings is 1. The zero-order valence-corrected chi connectivity index (χ0v) is 13.2. The summed E-state index contributed by atoms with van der Waals surface area (Å²) in [6.07, 6.45) is 8.15. The van der Waals surface area contributed by atoms with Gasteiger partial charge in [-0.1, -0.05) is 19.3 Å². The number of aryl methyl sites for hydroxylation is 1. The minimum absolute atomic E-state index is 0.0878. The minimum Gasteiger partial charge on any atom is -0.356 e. The second kappa shape index (κ2) is 8.45. The molecule has 1 amide bonds. The van der Waals surface area contributed by atoms with E-state index in [2.05, 4.69) is 5.32 Å². The van der Waals surface area contributed by atoms with Crippen molar-refractivity contribution >= 4 is 11.6 Å². The van der Waals surface area contributed by atoms with Gasteiger partial charge in [0.15, 0.2) is 0 Å². The van der Waals surface area contributed by atoms with Crippen molar-refractivity contribution in [1.82, 2.24) is 9.88 Å². The Morgan fingerprint density at radius 1 is 1.26 bits per heavy atom. The monoisotopic (exact) mass is 321 g/mol. The van der Waals surface area contributed by atoms with Crippen molar-refractivity contribution in [3.8, 4) is 0 Å². The van der Waals surface area contributed by atoms with Crippen LogP contribution in [0.4, 0.5) is 5.69 Å². The molecule has 1 aliphatic rings. The van der Waals surface area contributed by atoms with Crippen LogP contribution in [0.2, 0.25) is 0 Å². The number of carbonyl (C=O) groups is 1. The van der Waals surface area contributed by atoms with Gasteiger partial charge in [-0.05, 0) is 25.7 Å². The molecule has 0 unspecified atom stereocenters. The van der Waals surface area contributed by atoms with Crippen LogP contribution in [0.3, 0.4) is 0 Å². The van der Waals surface area contributed by atoms with Gasteiger partial charge in [0.1, 0.15) is 0 Å². The summed E-state index contributed by atoms with van der Waals surface area (Å²) in [5, 5.41) is 13.7. The largest absolute Gasteiger partial charge is 0.356 e. The van der Waals surface area contributed by atoms with Crippen LogP contribution in [0.5, 0.6) is 0 Å². The fourth-order valence-electron chi connectivity index (χ4n) is 2.93. The van der Waals surface area contributed by atoms with Gasteiger partial charge in [0.25, 0.3) is 11.2 Å². The molecule has 0 saturated heterocycles. The van der Waals surface area contributed by atoms with Crippen LogP contribution in [0.25, 0.3) is 0 Å². The van der Waals surface area contributed by atoms with Crippen molar-refractivity contribution < 1.29 is 9.72 Å². The quantitative estimate of drug-likeness (QED) is 0.473. The van der Waals surface area contributed by atoms with Crippen LogP contribution in [-0.4, -0.2) is 21.9 Å². The number of aromatic nitrogens is 1. The number of amides is 1. The highest BCUT2D eigenvalue weighted by atomic mass is 16.6. The highest BCUT2D eigenvalue weighted by molar-refractivity contribution is 5.78. The lowest BCUT2D eigenvalue weighted by Gasteiger charge is -2.20. The van der Waals surface area contributed by atoms with E-state index in [1.807, 2.05) is 0 Å². The summed E-state index contributed by atoms with van der Waals surface area (Å²) in [6.45, 7) is 0.999. The van der Waals surface area contributed by atoms with E-state index in [0.29, 0.717) is 19.5 Å². The molecule has 1 saturated carbocycles. The molecular formula is C16H23N3O4. The first-order valence-electron chi connectivity index (χ1n) is 8.20. The molecule has 1 aromatic heterocycles. The third-order valence-electron chi connectivity index (χ3n) is 4.28. The SMILES string of the molecule is O=C(NCCCCn1cc([N+](=O)[O-])ccc1=O)C1CCCCC1. The lowest BCUT2D eigenvalue weighted by Crippen LogP contribution is -2.32. The standard InChI is InChI=1S/C16H23N3O4/c20-15-9-8-14(19(22)23)12-18(15)11-5-4-10-17-16(21)13-6-2-1-3-7-13/h8-9,12-13H,1-7,10-11H2,(H,17,21). The van der Waals surface area contributed by atoms with Gasteiger partial charge < -0.3 is 9.88 Å². The topological polar surface area (TPSA) is 94.2 Å².